The zero-order chi connectivity index (χ0) is 13.2. The van der Waals surface area contributed by atoms with Crippen molar-refractivity contribution < 1.29 is 0 Å². The van der Waals surface area contributed by atoms with Crippen molar-refractivity contribution in [2.45, 2.75) is 38.3 Å². The van der Waals surface area contributed by atoms with Crippen LogP contribution in [-0.2, 0) is 0 Å². The lowest BCUT2D eigenvalue weighted by Crippen LogP contribution is -2.18. The van der Waals surface area contributed by atoms with Gasteiger partial charge < -0.3 is 10.3 Å². The van der Waals surface area contributed by atoms with Crippen LogP contribution in [0.4, 0.5) is 0 Å². The minimum Gasteiger partial charge on any atom is -0.330 e. The van der Waals surface area contributed by atoms with Crippen molar-refractivity contribution in [2.24, 2.45) is 11.7 Å². The molecule has 19 heavy (non-hydrogen) atoms. The maximum atomic E-state index is 6.40. The third-order valence-electron chi connectivity index (χ3n) is 4.23. The standard InChI is InChI=1S/C16H21N3/c1-12-7-8-14(9-12)19-11-18-10-15(19)16(17)13-5-3-2-4-6-13/h2-6,10-12,14,16H,7-9,17H2,1H3. The Kier molecular flexibility index (Phi) is 3.38. The highest BCUT2D eigenvalue weighted by Crippen LogP contribution is 2.36. The van der Waals surface area contributed by atoms with Crippen molar-refractivity contribution in [3.63, 3.8) is 0 Å². The van der Waals surface area contributed by atoms with E-state index in [1.54, 1.807) is 0 Å². The van der Waals surface area contributed by atoms with Crippen molar-refractivity contribution >= 4 is 0 Å². The normalized spacial score (nSPS) is 24.5. The Morgan fingerprint density at radius 3 is 2.74 bits per heavy atom. The van der Waals surface area contributed by atoms with E-state index in [-0.39, 0.29) is 6.04 Å². The van der Waals surface area contributed by atoms with E-state index in [0.717, 1.165) is 17.2 Å². The largest absolute Gasteiger partial charge is 0.330 e. The predicted octanol–water partition coefficient (Wildman–Crippen LogP) is 3.29. The molecule has 2 aromatic rings. The van der Waals surface area contributed by atoms with Crippen LogP contribution in [-0.4, -0.2) is 9.55 Å². The van der Waals surface area contributed by atoms with E-state index in [0.29, 0.717) is 6.04 Å². The number of nitrogens with two attached hydrogens (primary N) is 1. The maximum Gasteiger partial charge on any atom is 0.0951 e. The van der Waals surface area contributed by atoms with Gasteiger partial charge in [0, 0.05) is 6.04 Å². The Hall–Kier alpha value is -1.61. The van der Waals surface area contributed by atoms with Crippen LogP contribution in [0.1, 0.15) is 49.5 Å². The maximum absolute atomic E-state index is 6.40. The molecule has 3 nitrogen and oxygen atoms in total. The SMILES string of the molecule is CC1CCC(n2cncc2C(N)c2ccccc2)C1. The Labute approximate surface area is 114 Å². The topological polar surface area (TPSA) is 43.8 Å². The molecular formula is C16H21N3. The van der Waals surface area contributed by atoms with Gasteiger partial charge in [0.2, 0.25) is 0 Å². The molecule has 1 aromatic carbocycles. The molecule has 3 heteroatoms. The van der Waals surface area contributed by atoms with Crippen LogP contribution in [0.2, 0.25) is 0 Å². The summed E-state index contributed by atoms with van der Waals surface area (Å²) in [6, 6.07) is 10.7. The Morgan fingerprint density at radius 2 is 2.05 bits per heavy atom. The fraction of sp³-hybridized carbons (Fsp3) is 0.438. The van der Waals surface area contributed by atoms with Crippen molar-refractivity contribution in [3.05, 3.63) is 54.1 Å². The van der Waals surface area contributed by atoms with E-state index < -0.39 is 0 Å². The lowest BCUT2D eigenvalue weighted by atomic mass is 10.0. The van der Waals surface area contributed by atoms with Crippen LogP contribution >= 0.6 is 0 Å². The summed E-state index contributed by atoms with van der Waals surface area (Å²) in [4.78, 5) is 4.32. The minimum atomic E-state index is -0.0837. The molecule has 2 N–H and O–H groups in total. The van der Waals surface area contributed by atoms with Crippen LogP contribution in [0.15, 0.2) is 42.9 Å². The van der Waals surface area contributed by atoms with Crippen LogP contribution in [0.25, 0.3) is 0 Å². The van der Waals surface area contributed by atoms with E-state index in [1.165, 1.54) is 19.3 Å². The van der Waals surface area contributed by atoms with Crippen molar-refractivity contribution in [2.75, 3.05) is 0 Å². The summed E-state index contributed by atoms with van der Waals surface area (Å²) < 4.78 is 2.29. The van der Waals surface area contributed by atoms with E-state index in [1.807, 2.05) is 30.7 Å². The fourth-order valence-electron chi connectivity index (χ4n) is 3.12. The first-order chi connectivity index (χ1) is 9.25. The van der Waals surface area contributed by atoms with Gasteiger partial charge in [0.25, 0.3) is 0 Å². The molecule has 0 saturated heterocycles. The van der Waals surface area contributed by atoms with Crippen molar-refractivity contribution in [1.82, 2.24) is 9.55 Å². The van der Waals surface area contributed by atoms with Gasteiger partial charge in [0.05, 0.1) is 24.3 Å². The molecule has 1 aromatic heterocycles. The molecule has 0 radical (unpaired) electrons. The Balaban J connectivity index is 1.88. The lowest BCUT2D eigenvalue weighted by Gasteiger charge is -2.19. The van der Waals surface area contributed by atoms with Gasteiger partial charge in [0.1, 0.15) is 0 Å². The molecule has 3 rings (SSSR count). The molecule has 1 aliphatic carbocycles. The molecule has 0 spiro atoms. The van der Waals surface area contributed by atoms with Gasteiger partial charge in [-0.25, -0.2) is 4.98 Å². The molecular weight excluding hydrogens is 234 g/mol. The highest BCUT2D eigenvalue weighted by Gasteiger charge is 2.25. The third-order valence-corrected chi connectivity index (χ3v) is 4.23. The number of imidazole rings is 1. The Morgan fingerprint density at radius 1 is 1.26 bits per heavy atom. The van der Waals surface area contributed by atoms with Crippen LogP contribution in [0, 0.1) is 5.92 Å². The van der Waals surface area contributed by atoms with Crippen LogP contribution < -0.4 is 5.73 Å². The second kappa shape index (κ2) is 5.17. The van der Waals surface area contributed by atoms with Crippen LogP contribution in [0.5, 0.6) is 0 Å². The van der Waals surface area contributed by atoms with Gasteiger partial charge >= 0.3 is 0 Å². The van der Waals surface area contributed by atoms with Crippen LogP contribution in [0.3, 0.4) is 0 Å². The number of rotatable bonds is 3. The van der Waals surface area contributed by atoms with Gasteiger partial charge in [-0.3, -0.25) is 0 Å². The molecule has 0 bridgehead atoms. The minimum absolute atomic E-state index is 0.0837. The number of hydrogen-bond donors (Lipinski definition) is 1. The number of aromatic nitrogens is 2. The number of hydrogen-bond acceptors (Lipinski definition) is 2. The molecule has 1 aliphatic rings. The first-order valence-corrected chi connectivity index (χ1v) is 7.08. The van der Waals surface area contributed by atoms with E-state index in [2.05, 4.69) is 28.6 Å². The highest BCUT2D eigenvalue weighted by atomic mass is 15.1. The third kappa shape index (κ3) is 2.43. The smallest absolute Gasteiger partial charge is 0.0951 e. The molecule has 0 amide bonds. The average molecular weight is 255 g/mol. The van der Waals surface area contributed by atoms with Gasteiger partial charge in [0.15, 0.2) is 0 Å². The summed E-state index contributed by atoms with van der Waals surface area (Å²) in [5, 5.41) is 0. The first kappa shape index (κ1) is 12.4. The summed E-state index contributed by atoms with van der Waals surface area (Å²) in [5.74, 6) is 0.813. The second-order valence-corrected chi connectivity index (χ2v) is 5.69. The first-order valence-electron chi connectivity index (χ1n) is 7.08. The summed E-state index contributed by atoms with van der Waals surface area (Å²) in [7, 11) is 0. The van der Waals surface area contributed by atoms with E-state index in [4.69, 9.17) is 5.73 Å². The Bertz CT molecular complexity index is 532. The van der Waals surface area contributed by atoms with E-state index >= 15 is 0 Å². The quantitative estimate of drug-likeness (QED) is 0.914. The number of benzene rings is 1. The molecule has 0 aliphatic heterocycles. The average Bonchev–Trinajstić information content (AvgIpc) is 3.07. The van der Waals surface area contributed by atoms with E-state index in [9.17, 15) is 0 Å². The summed E-state index contributed by atoms with van der Waals surface area (Å²) in [6.45, 7) is 2.33. The second-order valence-electron chi connectivity index (χ2n) is 5.69. The summed E-state index contributed by atoms with van der Waals surface area (Å²) >= 11 is 0. The molecule has 100 valence electrons. The van der Waals surface area contributed by atoms with Gasteiger partial charge in [-0.1, -0.05) is 37.3 Å². The monoisotopic (exact) mass is 255 g/mol. The van der Waals surface area contributed by atoms with Gasteiger partial charge in [-0.05, 0) is 30.7 Å². The van der Waals surface area contributed by atoms with Gasteiger partial charge in [-0.15, -0.1) is 0 Å². The fourth-order valence-corrected chi connectivity index (χ4v) is 3.12. The number of nitrogens with zero attached hydrogens (tertiary/aromatic N) is 2. The summed E-state index contributed by atoms with van der Waals surface area (Å²) in [5.41, 5.74) is 8.68. The van der Waals surface area contributed by atoms with Crippen molar-refractivity contribution in [1.29, 1.82) is 0 Å². The zero-order valence-electron chi connectivity index (χ0n) is 11.4. The van der Waals surface area contributed by atoms with Crippen molar-refractivity contribution in [3.8, 4) is 0 Å². The molecule has 1 fully saturated rings. The lowest BCUT2D eigenvalue weighted by molar-refractivity contribution is 0.473. The zero-order valence-corrected chi connectivity index (χ0v) is 11.4. The predicted molar refractivity (Wildman–Crippen MR) is 76.8 cm³/mol. The van der Waals surface area contributed by atoms with Gasteiger partial charge in [-0.2, -0.15) is 0 Å². The highest BCUT2D eigenvalue weighted by molar-refractivity contribution is 5.26. The summed E-state index contributed by atoms with van der Waals surface area (Å²) in [6.07, 6.45) is 7.65. The molecule has 1 heterocycles. The molecule has 3 atom stereocenters. The molecule has 1 saturated carbocycles. The molecule has 3 unspecified atom stereocenters.